The number of hydrogen-bond donors (Lipinski definition) is 12. The fourth-order valence-electron chi connectivity index (χ4n) is 7.70. The Hall–Kier alpha value is -4.51. The molecule has 4 rings (SSSR count). The number of hydrogen-bond acceptors (Lipinski definition) is 12. The predicted molar refractivity (Wildman–Crippen MR) is 421 cm³/mol. The van der Waals surface area contributed by atoms with Gasteiger partial charge in [-0.2, -0.15) is 0 Å². The summed E-state index contributed by atoms with van der Waals surface area (Å²) in [6.45, 7) is 10.3. The zero-order chi connectivity index (χ0) is 75.4. The number of carbonyl (C=O) groups is 7. The largest absolute Gasteiger partial charge is 0.693 e. The summed E-state index contributed by atoms with van der Waals surface area (Å²) < 4.78 is 24.8. The van der Waals surface area contributed by atoms with Gasteiger partial charge in [-0.05, 0) is 35.1 Å². The molecule has 4 aromatic carbocycles. The molecule has 106 heavy (non-hydrogen) atoms. The summed E-state index contributed by atoms with van der Waals surface area (Å²) >= 11 is -1.42. The third-order valence-corrected chi connectivity index (χ3v) is 12.3. The van der Waals surface area contributed by atoms with Crippen LogP contribution in [-0.4, -0.2) is 139 Å². The number of nitrogens with one attached hydrogen (secondary N) is 6. The van der Waals surface area contributed by atoms with E-state index >= 15 is 0 Å². The van der Waals surface area contributed by atoms with Gasteiger partial charge in [0.05, 0.1) is 52.9 Å². The summed E-state index contributed by atoms with van der Waals surface area (Å²) in [6, 6.07) is 38.8. The molecule has 6 amide bonds. The average Bonchev–Trinajstić information content (AvgIpc) is 1.00. The number of carboxylic acid groups (broad SMARTS) is 6. The topological polar surface area (TPSA) is 460 Å². The number of carbonyl (C=O) groups excluding carboxylic acids is 1. The molecule has 0 aliphatic rings. The van der Waals surface area contributed by atoms with Gasteiger partial charge in [-0.1, -0.05) is 251 Å². The van der Waals surface area contributed by atoms with Gasteiger partial charge >= 0.3 is 149 Å². The van der Waals surface area contributed by atoms with Crippen molar-refractivity contribution < 1.29 is 137 Å². The maximum absolute atomic E-state index is 10.7. The Morgan fingerprint density at radius 2 is 0.481 bits per heavy atom. The number of ether oxygens (including phenoxy) is 5. The minimum atomic E-state index is -1.63. The van der Waals surface area contributed by atoms with Crippen molar-refractivity contribution in [2.24, 2.45) is 0 Å². The van der Waals surface area contributed by atoms with Crippen molar-refractivity contribution in [1.82, 2.24) is 31.9 Å². The fourth-order valence-corrected chi connectivity index (χ4v) is 7.70. The molecule has 0 saturated heterocycles. The summed E-state index contributed by atoms with van der Waals surface area (Å²) in [4.78, 5) is 71.2. The molecule has 0 aromatic heterocycles. The van der Waals surface area contributed by atoms with Gasteiger partial charge in [-0.3, -0.25) is 0 Å². The summed E-state index contributed by atoms with van der Waals surface area (Å²) in [6.07, 6.45) is 18.2. The molecule has 27 nitrogen and oxygen atoms in total. The Morgan fingerprint density at radius 1 is 0.302 bits per heavy atom. The van der Waals surface area contributed by atoms with Crippen LogP contribution in [0.15, 0.2) is 121 Å². The number of rotatable bonds is 42. The van der Waals surface area contributed by atoms with E-state index < -0.39 is 92.2 Å². The van der Waals surface area contributed by atoms with Crippen LogP contribution in [0.2, 0.25) is 0 Å². The monoisotopic (exact) mass is 2170 g/mol. The van der Waals surface area contributed by atoms with Gasteiger partial charge in [0.1, 0.15) is 0 Å². The van der Waals surface area contributed by atoms with Crippen molar-refractivity contribution in [2.75, 3.05) is 65.7 Å². The van der Waals surface area contributed by atoms with E-state index in [0.29, 0.717) is 79.0 Å². The van der Waals surface area contributed by atoms with E-state index in [-0.39, 0.29) is 53.9 Å². The van der Waals surface area contributed by atoms with E-state index in [0.717, 1.165) is 47.9 Å². The Balaban J connectivity index is -0.000000110. The van der Waals surface area contributed by atoms with Crippen molar-refractivity contribution in [2.45, 2.75) is 169 Å². The Bertz CT molecular complexity index is 2270. The molecule has 4 aromatic rings. The van der Waals surface area contributed by atoms with E-state index in [2.05, 4.69) is 50.5 Å². The van der Waals surface area contributed by atoms with E-state index in [9.17, 15) is 33.6 Å². The van der Waals surface area contributed by atoms with E-state index in [1.807, 2.05) is 121 Å². The van der Waals surface area contributed by atoms with Crippen LogP contribution in [-0.2, 0) is 99.6 Å². The molecule has 0 aliphatic heterocycles. The molecule has 0 aliphatic carbocycles. The number of amides is 6. The molecule has 0 atom stereocenters. The molecule has 0 heterocycles. The second-order valence-electron chi connectivity index (χ2n) is 20.4. The van der Waals surface area contributed by atoms with Crippen molar-refractivity contribution in [1.29, 1.82) is 0 Å². The Kier molecular flexibility index (Phi) is 126. The maximum Gasteiger partial charge on any atom is -0.693 e. The average molecular weight is 2170 g/mol. The van der Waals surface area contributed by atoms with Gasteiger partial charge in [-0.25, -0.2) is 33.6 Å². The normalized spacial score (nSPS) is 9.13. The standard InChI is InChI=1S/2C13H27NO2.C11H13NO5.3C10H13NO3.3CH3.6ClH.3H2N.3Pt/c2*1-2-3-4-5-6-7-8-9-10-11-12-14-13(15)16;13-10(17-11(14)15)12-6-7-16-8-9-4-2-1-3-5-9;3*12-10(13)11-6-7-14-8-9-4-2-1-3-5-9;;;;;;;;;;;;;;;/h2*14H,2-12H2,1H3,(H,15,16);1-5H,6-8H2,(H,12,13)(H,14,15);3*1-5,11H,6-8H2,(H,12,13);3*1H3;6*1H;3*1H2;;;/q;;;;;;3*-1;;;;;;;3*-1;3*+4/p-6. The molecule has 0 saturated carbocycles. The van der Waals surface area contributed by atoms with Gasteiger partial charge in [0.25, 0.3) is 0 Å². The smallest absolute Gasteiger partial charge is 0.693 e. The van der Waals surface area contributed by atoms with Crippen LogP contribution in [0.1, 0.15) is 165 Å². The van der Waals surface area contributed by atoms with Crippen molar-refractivity contribution >= 4 is 99.2 Å². The second-order valence-corrected chi connectivity index (χ2v) is 30.2. The van der Waals surface area contributed by atoms with Crippen molar-refractivity contribution in [3.8, 4) is 0 Å². The van der Waals surface area contributed by atoms with Crippen LogP contribution in [0.25, 0.3) is 18.5 Å². The fraction of sp³-hybridized carbons (Fsp3) is 0.514. The quantitative estimate of drug-likeness (QED) is 0.00848. The SMILES string of the molecule is CCCCCCCCCCCCNC(=O)O.CCCCCCCCCCCCNC(=O)O.O=C(O)NCCOCc1ccccc1.O=C(O)NCCOCc1ccccc1.O=C(O)NCCOCc1ccccc1.O=C(O)OC(=O)NCCOCc1ccccc1.[CH3-].[CH3-].[CH3-].[Cl][Pt+2][Cl].[Cl][Pt+2][Cl].[Cl][Pt+2][Cl].[NH2-].[NH2-].[NH2-]. The molecule has 36 heteroatoms. The summed E-state index contributed by atoms with van der Waals surface area (Å²) in [5.74, 6) is 0. The molecule has 0 radical (unpaired) electrons. The third kappa shape index (κ3) is 121. The Labute approximate surface area is 681 Å². The molecule has 0 unspecified atom stereocenters. The molecular weight excluding hydrogens is 2050 g/mol. The first-order valence-electron chi connectivity index (χ1n) is 32.3. The van der Waals surface area contributed by atoms with Crippen LogP contribution in [0, 0.1) is 22.3 Å². The Morgan fingerprint density at radius 3 is 0.670 bits per heavy atom. The minimum absolute atomic E-state index is 0. The first kappa shape index (κ1) is 125. The van der Waals surface area contributed by atoms with Crippen LogP contribution >= 0.6 is 56.5 Å². The van der Waals surface area contributed by atoms with Crippen molar-refractivity contribution in [3.05, 3.63) is 184 Å². The molecule has 0 fully saturated rings. The van der Waals surface area contributed by atoms with Crippen LogP contribution in [0.4, 0.5) is 33.6 Å². The van der Waals surface area contributed by atoms with Crippen molar-refractivity contribution in [3.63, 3.8) is 0 Å². The molecule has 18 N–H and O–H groups in total. The van der Waals surface area contributed by atoms with Crippen LogP contribution in [0.3, 0.4) is 0 Å². The number of unbranched alkanes of at least 4 members (excludes halogenated alkanes) is 18. The second kappa shape index (κ2) is 107. The number of halogens is 6. The summed E-state index contributed by atoms with van der Waals surface area (Å²) in [5, 5.41) is 63.3. The van der Waals surface area contributed by atoms with Crippen LogP contribution in [0.5, 0.6) is 0 Å². The van der Waals surface area contributed by atoms with Crippen LogP contribution < -0.4 is 31.9 Å². The van der Waals surface area contributed by atoms with E-state index in [1.165, 1.54) is 103 Å². The van der Waals surface area contributed by atoms with E-state index in [4.69, 9.17) is 106 Å². The first-order valence-corrected chi connectivity index (χ1v) is 49.2. The zero-order valence-electron chi connectivity index (χ0n) is 61.6. The van der Waals surface area contributed by atoms with Gasteiger partial charge in [-0.15, -0.1) is 0 Å². The number of benzene rings is 4. The summed E-state index contributed by atoms with van der Waals surface area (Å²) in [7, 11) is 29.2. The molecule has 0 spiro atoms. The molecular formula is C70H121Cl6N9O18Pt3. The van der Waals surface area contributed by atoms with E-state index in [1.54, 1.807) is 0 Å². The number of nitrogens with two attached hydrogens (primary N) is 3. The van der Waals surface area contributed by atoms with Gasteiger partial charge in [0.15, 0.2) is 0 Å². The van der Waals surface area contributed by atoms with Gasteiger partial charge in [0.2, 0.25) is 0 Å². The van der Waals surface area contributed by atoms with Gasteiger partial charge < -0.3 is 127 Å². The number of alkyl carbamates (subject to hydrolysis) is 1. The third-order valence-electron chi connectivity index (χ3n) is 12.3. The maximum atomic E-state index is 10.7. The molecule has 626 valence electrons. The minimum Gasteiger partial charge on any atom is -0.693 e. The predicted octanol–water partition coefficient (Wildman–Crippen LogP) is 22.0. The zero-order valence-corrected chi connectivity index (χ0v) is 73.0. The summed E-state index contributed by atoms with van der Waals surface area (Å²) in [5.41, 5.74) is 4.29. The van der Waals surface area contributed by atoms with Gasteiger partial charge in [0, 0.05) is 39.3 Å². The molecule has 0 bridgehead atoms. The first-order chi connectivity index (χ1) is 48.3.